The lowest BCUT2D eigenvalue weighted by Gasteiger charge is -2.30. The first-order valence-electron chi connectivity index (χ1n) is 6.84. The Morgan fingerprint density at radius 2 is 2.00 bits per heavy atom. The second kappa shape index (κ2) is 5.48. The summed E-state index contributed by atoms with van der Waals surface area (Å²) in [6.07, 6.45) is 6.97. The molecule has 2 rings (SSSR count). The summed E-state index contributed by atoms with van der Waals surface area (Å²) in [5, 5.41) is 13.6. The molecule has 2 aliphatic heterocycles. The number of hydrogen-bond donors (Lipinski definition) is 2. The van der Waals surface area contributed by atoms with Crippen molar-refractivity contribution in [1.82, 2.24) is 10.2 Å². The number of rotatable bonds is 1. The lowest BCUT2D eigenvalue weighted by Crippen LogP contribution is -2.37. The van der Waals surface area contributed by atoms with Crippen LogP contribution in [-0.4, -0.2) is 47.8 Å². The first-order chi connectivity index (χ1) is 7.67. The van der Waals surface area contributed by atoms with Crippen LogP contribution in [0, 0.1) is 0 Å². The van der Waals surface area contributed by atoms with E-state index in [-0.39, 0.29) is 0 Å². The van der Waals surface area contributed by atoms with Gasteiger partial charge in [0.15, 0.2) is 0 Å². The van der Waals surface area contributed by atoms with Crippen molar-refractivity contribution in [3.63, 3.8) is 0 Å². The van der Waals surface area contributed by atoms with Crippen LogP contribution < -0.4 is 5.32 Å². The zero-order chi connectivity index (χ0) is 11.4. The molecule has 0 aromatic carbocycles. The number of hydrogen-bond acceptors (Lipinski definition) is 3. The zero-order valence-corrected chi connectivity index (χ0v) is 10.5. The van der Waals surface area contributed by atoms with Crippen LogP contribution in [0.25, 0.3) is 0 Å². The molecule has 0 amide bonds. The normalized spacial score (nSPS) is 39.0. The van der Waals surface area contributed by atoms with Crippen LogP contribution >= 0.6 is 0 Å². The Bertz CT molecular complexity index is 210. The molecule has 2 aliphatic rings. The van der Waals surface area contributed by atoms with Gasteiger partial charge in [0.05, 0.1) is 5.60 Å². The van der Waals surface area contributed by atoms with Gasteiger partial charge in [0.1, 0.15) is 0 Å². The van der Waals surface area contributed by atoms with Gasteiger partial charge in [-0.25, -0.2) is 0 Å². The zero-order valence-electron chi connectivity index (χ0n) is 10.5. The molecule has 2 fully saturated rings. The van der Waals surface area contributed by atoms with Crippen LogP contribution in [0.15, 0.2) is 0 Å². The lowest BCUT2D eigenvalue weighted by atomic mass is 9.98. The Morgan fingerprint density at radius 3 is 2.88 bits per heavy atom. The maximum Gasteiger partial charge on any atom is 0.0632 e. The van der Waals surface area contributed by atoms with Gasteiger partial charge in [-0.2, -0.15) is 0 Å². The summed E-state index contributed by atoms with van der Waals surface area (Å²) in [4.78, 5) is 2.62. The molecule has 2 atom stereocenters. The van der Waals surface area contributed by atoms with E-state index in [0.717, 1.165) is 38.4 Å². The van der Waals surface area contributed by atoms with Crippen LogP contribution in [-0.2, 0) is 0 Å². The van der Waals surface area contributed by atoms with Gasteiger partial charge < -0.3 is 15.3 Å². The van der Waals surface area contributed by atoms with Gasteiger partial charge in [0.2, 0.25) is 0 Å². The molecule has 0 bridgehead atoms. The lowest BCUT2D eigenvalue weighted by molar-refractivity contribution is 0.0427. The van der Waals surface area contributed by atoms with Crippen molar-refractivity contribution in [3.05, 3.63) is 0 Å². The average molecular weight is 226 g/mol. The van der Waals surface area contributed by atoms with Gasteiger partial charge in [-0.3, -0.25) is 0 Å². The largest absolute Gasteiger partial charge is 0.390 e. The third kappa shape index (κ3) is 3.44. The topological polar surface area (TPSA) is 35.5 Å². The predicted octanol–water partition coefficient (Wildman–Crippen LogP) is 1.37. The number of nitrogens with zero attached hydrogens (tertiary/aromatic N) is 1. The Kier molecular flexibility index (Phi) is 4.22. The van der Waals surface area contributed by atoms with Crippen LogP contribution in [0.5, 0.6) is 0 Å². The third-order valence-corrected chi connectivity index (χ3v) is 4.16. The molecule has 0 spiro atoms. The molecule has 2 unspecified atom stereocenters. The first-order valence-corrected chi connectivity index (χ1v) is 6.84. The Balaban J connectivity index is 1.88. The molecule has 2 heterocycles. The molecule has 0 aliphatic carbocycles. The molecule has 16 heavy (non-hydrogen) atoms. The van der Waals surface area contributed by atoms with Crippen LogP contribution in [0.1, 0.15) is 45.4 Å². The van der Waals surface area contributed by atoms with Gasteiger partial charge in [-0.1, -0.05) is 0 Å². The van der Waals surface area contributed by atoms with Gasteiger partial charge in [-0.05, 0) is 65.1 Å². The van der Waals surface area contributed by atoms with Gasteiger partial charge in [0, 0.05) is 12.6 Å². The maximum atomic E-state index is 10.1. The molecule has 3 heteroatoms. The van der Waals surface area contributed by atoms with E-state index in [1.807, 2.05) is 6.92 Å². The monoisotopic (exact) mass is 226 g/mol. The number of aliphatic hydroxyl groups is 1. The third-order valence-electron chi connectivity index (χ3n) is 4.16. The molecule has 0 aromatic heterocycles. The molecule has 2 saturated heterocycles. The first kappa shape index (κ1) is 12.3. The fourth-order valence-corrected chi connectivity index (χ4v) is 3.02. The van der Waals surface area contributed by atoms with Crippen molar-refractivity contribution in [2.24, 2.45) is 0 Å². The van der Waals surface area contributed by atoms with E-state index in [1.165, 1.54) is 32.4 Å². The highest BCUT2D eigenvalue weighted by Gasteiger charge is 2.28. The van der Waals surface area contributed by atoms with E-state index < -0.39 is 5.60 Å². The molecule has 0 radical (unpaired) electrons. The molecule has 3 nitrogen and oxygen atoms in total. The summed E-state index contributed by atoms with van der Waals surface area (Å²) in [5.74, 6) is 0. The summed E-state index contributed by atoms with van der Waals surface area (Å²) in [5.41, 5.74) is -0.419. The predicted molar refractivity (Wildman–Crippen MR) is 66.6 cm³/mol. The second-order valence-electron chi connectivity index (χ2n) is 5.72. The number of nitrogens with one attached hydrogen (secondary N) is 1. The Morgan fingerprint density at radius 1 is 1.12 bits per heavy atom. The van der Waals surface area contributed by atoms with Gasteiger partial charge in [0.25, 0.3) is 0 Å². The van der Waals surface area contributed by atoms with Crippen molar-refractivity contribution in [2.75, 3.05) is 26.2 Å². The molecular weight excluding hydrogens is 200 g/mol. The van der Waals surface area contributed by atoms with Crippen LogP contribution in [0.4, 0.5) is 0 Å². The SMILES string of the molecule is CC1(O)CCCN(C2CCCNCC2)CC1. The molecule has 0 aromatic rings. The van der Waals surface area contributed by atoms with Crippen molar-refractivity contribution >= 4 is 0 Å². The maximum absolute atomic E-state index is 10.1. The minimum Gasteiger partial charge on any atom is -0.390 e. The molecule has 2 N–H and O–H groups in total. The fraction of sp³-hybridized carbons (Fsp3) is 1.00. The van der Waals surface area contributed by atoms with Crippen molar-refractivity contribution < 1.29 is 5.11 Å². The molecule has 0 saturated carbocycles. The summed E-state index contributed by atoms with van der Waals surface area (Å²) in [6, 6.07) is 0.754. The summed E-state index contributed by atoms with van der Waals surface area (Å²) in [6.45, 7) is 6.60. The van der Waals surface area contributed by atoms with Crippen LogP contribution in [0.2, 0.25) is 0 Å². The summed E-state index contributed by atoms with van der Waals surface area (Å²) in [7, 11) is 0. The van der Waals surface area contributed by atoms with Crippen molar-refractivity contribution in [3.8, 4) is 0 Å². The van der Waals surface area contributed by atoms with Crippen molar-refractivity contribution in [1.29, 1.82) is 0 Å². The van der Waals surface area contributed by atoms with E-state index in [9.17, 15) is 5.11 Å². The Hall–Kier alpha value is -0.120. The average Bonchev–Trinajstić information content (AvgIpc) is 2.58. The van der Waals surface area contributed by atoms with Gasteiger partial charge >= 0.3 is 0 Å². The highest BCUT2D eigenvalue weighted by Crippen LogP contribution is 2.24. The standard InChI is InChI=1S/C13H26N2O/c1-13(16)6-3-10-15(11-7-13)12-4-2-8-14-9-5-12/h12,14,16H,2-11H2,1H3. The molecule has 94 valence electrons. The fourth-order valence-electron chi connectivity index (χ4n) is 3.02. The quantitative estimate of drug-likeness (QED) is 0.709. The van der Waals surface area contributed by atoms with Gasteiger partial charge in [-0.15, -0.1) is 0 Å². The summed E-state index contributed by atoms with van der Waals surface area (Å²) < 4.78 is 0. The molecular formula is C13H26N2O. The second-order valence-corrected chi connectivity index (χ2v) is 5.72. The summed E-state index contributed by atoms with van der Waals surface area (Å²) >= 11 is 0. The van der Waals surface area contributed by atoms with E-state index in [2.05, 4.69) is 10.2 Å². The minimum absolute atomic E-state index is 0.419. The van der Waals surface area contributed by atoms with E-state index in [0.29, 0.717) is 0 Å². The van der Waals surface area contributed by atoms with Crippen LogP contribution in [0.3, 0.4) is 0 Å². The van der Waals surface area contributed by atoms with E-state index in [1.54, 1.807) is 0 Å². The number of likely N-dealkylation sites (tertiary alicyclic amines) is 1. The smallest absolute Gasteiger partial charge is 0.0632 e. The minimum atomic E-state index is -0.419. The van der Waals surface area contributed by atoms with Crippen molar-refractivity contribution in [2.45, 2.75) is 57.1 Å². The Labute approximate surface area is 99.2 Å². The highest BCUT2D eigenvalue weighted by atomic mass is 16.3. The van der Waals surface area contributed by atoms with E-state index in [4.69, 9.17) is 0 Å². The van der Waals surface area contributed by atoms with E-state index >= 15 is 0 Å². The highest BCUT2D eigenvalue weighted by molar-refractivity contribution is 4.83.